The summed E-state index contributed by atoms with van der Waals surface area (Å²) >= 11 is 0. The van der Waals surface area contributed by atoms with Crippen LogP contribution in [-0.4, -0.2) is 48.2 Å². The van der Waals surface area contributed by atoms with Crippen molar-refractivity contribution in [2.45, 2.75) is 18.6 Å². The fourth-order valence-electron chi connectivity index (χ4n) is 2.84. The van der Waals surface area contributed by atoms with Crippen LogP contribution in [-0.2, 0) is 14.3 Å². The summed E-state index contributed by atoms with van der Waals surface area (Å²) in [4.78, 5) is 29.2. The molecule has 5 nitrogen and oxygen atoms in total. The minimum atomic E-state index is -0.989. The zero-order valence-electron chi connectivity index (χ0n) is 8.31. The van der Waals surface area contributed by atoms with E-state index in [4.69, 9.17) is 4.74 Å². The molecule has 0 aliphatic carbocycles. The van der Waals surface area contributed by atoms with E-state index in [0.717, 1.165) is 25.7 Å². The molecule has 2 fully saturated rings. The van der Waals surface area contributed by atoms with Gasteiger partial charge in [-0.3, -0.25) is 14.5 Å². The van der Waals surface area contributed by atoms with E-state index in [2.05, 4.69) is 4.99 Å². The van der Waals surface area contributed by atoms with E-state index in [1.54, 1.807) is 0 Å². The molecule has 0 saturated carbocycles. The summed E-state index contributed by atoms with van der Waals surface area (Å²) in [6.07, 6.45) is 2.77. The highest BCUT2D eigenvalue weighted by atomic mass is 16.5. The lowest BCUT2D eigenvalue weighted by Crippen LogP contribution is -2.63. The molecule has 2 atom stereocenters. The molecule has 80 valence electrons. The second-order valence-corrected chi connectivity index (χ2v) is 4.19. The van der Waals surface area contributed by atoms with Gasteiger partial charge in [0, 0.05) is 13.1 Å². The lowest BCUT2D eigenvalue weighted by Gasteiger charge is -2.44. The first-order chi connectivity index (χ1) is 7.25. The van der Waals surface area contributed by atoms with Crippen molar-refractivity contribution in [2.75, 3.05) is 19.7 Å². The van der Waals surface area contributed by atoms with E-state index >= 15 is 0 Å². The molecule has 3 rings (SSSR count). The number of Topliss-reactive ketones (excluding diaryl/α,β-unsaturated/α-hetero) is 1. The highest BCUT2D eigenvalue weighted by Gasteiger charge is 2.59. The van der Waals surface area contributed by atoms with Crippen LogP contribution < -0.4 is 0 Å². The van der Waals surface area contributed by atoms with Crippen molar-refractivity contribution in [3.8, 4) is 0 Å². The molecule has 1 spiro atoms. The van der Waals surface area contributed by atoms with Crippen molar-refractivity contribution in [3.05, 3.63) is 0 Å². The first-order valence-electron chi connectivity index (χ1n) is 5.26. The number of nitrogens with zero attached hydrogens (tertiary/aromatic N) is 2. The Bertz CT molecular complexity index is 366. The molecule has 1 amide bonds. The Kier molecular flexibility index (Phi) is 1.81. The molecule has 0 aromatic carbocycles. The average molecular weight is 208 g/mol. The highest BCUT2D eigenvalue weighted by molar-refractivity contribution is 6.35. The number of hydrogen-bond acceptors (Lipinski definition) is 4. The summed E-state index contributed by atoms with van der Waals surface area (Å²) in [5.74, 6) is -0.753. The lowest BCUT2D eigenvalue weighted by molar-refractivity contribution is -0.174. The van der Waals surface area contributed by atoms with Gasteiger partial charge in [-0.1, -0.05) is 0 Å². The number of aliphatic imine (C=N–C) groups is 1. The molecule has 0 N–H and O–H groups in total. The SMILES string of the molecule is O=C1N=CC(=O)C23OCCN2CCCC13. The van der Waals surface area contributed by atoms with Crippen LogP contribution in [0.2, 0.25) is 0 Å². The molecule has 0 bridgehead atoms. The zero-order valence-corrected chi connectivity index (χ0v) is 8.31. The van der Waals surface area contributed by atoms with Crippen molar-refractivity contribution in [1.29, 1.82) is 0 Å². The van der Waals surface area contributed by atoms with Gasteiger partial charge < -0.3 is 4.74 Å². The summed E-state index contributed by atoms with van der Waals surface area (Å²) < 4.78 is 5.60. The Balaban J connectivity index is 2.11. The molecule has 0 aromatic rings. The van der Waals surface area contributed by atoms with Crippen LogP contribution in [0, 0.1) is 5.92 Å². The normalized spacial score (nSPS) is 40.4. The van der Waals surface area contributed by atoms with E-state index in [-0.39, 0.29) is 17.6 Å². The second-order valence-electron chi connectivity index (χ2n) is 4.19. The Morgan fingerprint density at radius 3 is 3.20 bits per heavy atom. The molecule has 15 heavy (non-hydrogen) atoms. The quantitative estimate of drug-likeness (QED) is 0.543. The van der Waals surface area contributed by atoms with Crippen LogP contribution in [0.4, 0.5) is 0 Å². The smallest absolute Gasteiger partial charge is 0.253 e. The average Bonchev–Trinajstić information content (AvgIpc) is 2.67. The molecule has 3 heterocycles. The van der Waals surface area contributed by atoms with Crippen molar-refractivity contribution in [3.63, 3.8) is 0 Å². The third kappa shape index (κ3) is 1.02. The van der Waals surface area contributed by atoms with E-state index < -0.39 is 5.72 Å². The topological polar surface area (TPSA) is 59.0 Å². The summed E-state index contributed by atoms with van der Waals surface area (Å²) in [7, 11) is 0. The maximum absolute atomic E-state index is 11.9. The van der Waals surface area contributed by atoms with Crippen molar-refractivity contribution < 1.29 is 14.3 Å². The first kappa shape index (κ1) is 9.18. The number of carbonyl (C=O) groups excluding carboxylic acids is 2. The van der Waals surface area contributed by atoms with Crippen LogP contribution in [0.1, 0.15) is 12.8 Å². The standard InChI is InChI=1S/C10H12N2O3/c13-8-6-11-9(14)7-2-1-3-12-4-5-15-10(7,8)12/h6-7H,1-5H2. The summed E-state index contributed by atoms with van der Waals surface area (Å²) in [6, 6.07) is 0. The fraction of sp³-hybridized carbons (Fsp3) is 0.700. The van der Waals surface area contributed by atoms with Crippen molar-refractivity contribution >= 4 is 17.9 Å². The number of ketones is 1. The third-order valence-corrected chi connectivity index (χ3v) is 3.51. The number of ether oxygens (including phenoxy) is 1. The molecule has 3 aliphatic rings. The summed E-state index contributed by atoms with van der Waals surface area (Å²) in [5, 5.41) is 0. The zero-order chi connectivity index (χ0) is 10.5. The van der Waals surface area contributed by atoms with Gasteiger partial charge >= 0.3 is 0 Å². The maximum atomic E-state index is 11.9. The minimum absolute atomic E-state index is 0.163. The molecular formula is C10H12N2O3. The molecule has 0 radical (unpaired) electrons. The van der Waals surface area contributed by atoms with Gasteiger partial charge in [-0.05, 0) is 12.8 Å². The van der Waals surface area contributed by atoms with Crippen LogP contribution in [0.25, 0.3) is 0 Å². The molecule has 0 aromatic heterocycles. The minimum Gasteiger partial charge on any atom is -0.350 e. The van der Waals surface area contributed by atoms with Gasteiger partial charge in [0.05, 0.1) is 18.7 Å². The van der Waals surface area contributed by atoms with E-state index in [1.165, 1.54) is 0 Å². The van der Waals surface area contributed by atoms with Crippen molar-refractivity contribution in [2.24, 2.45) is 10.9 Å². The Morgan fingerprint density at radius 1 is 1.47 bits per heavy atom. The van der Waals surface area contributed by atoms with Gasteiger partial charge in [0.15, 0.2) is 5.72 Å². The predicted octanol–water partition coefficient (Wildman–Crippen LogP) is -0.395. The predicted molar refractivity (Wildman–Crippen MR) is 51.5 cm³/mol. The van der Waals surface area contributed by atoms with Gasteiger partial charge in [-0.15, -0.1) is 0 Å². The molecule has 2 saturated heterocycles. The van der Waals surface area contributed by atoms with Gasteiger partial charge in [0.25, 0.3) is 5.91 Å². The molecule has 2 unspecified atom stereocenters. The number of piperidine rings is 1. The number of hydrogen-bond donors (Lipinski definition) is 0. The number of carbonyl (C=O) groups is 2. The highest BCUT2D eigenvalue weighted by Crippen LogP contribution is 2.40. The van der Waals surface area contributed by atoms with Gasteiger partial charge in [0.1, 0.15) is 0 Å². The van der Waals surface area contributed by atoms with Crippen molar-refractivity contribution in [1.82, 2.24) is 4.90 Å². The summed E-state index contributed by atoms with van der Waals surface area (Å²) in [6.45, 7) is 2.11. The van der Waals surface area contributed by atoms with Gasteiger partial charge in [-0.2, -0.15) is 0 Å². The Hall–Kier alpha value is -1.07. The first-order valence-corrected chi connectivity index (χ1v) is 5.26. The van der Waals surface area contributed by atoms with Crippen LogP contribution in [0.3, 0.4) is 0 Å². The Morgan fingerprint density at radius 2 is 2.33 bits per heavy atom. The largest absolute Gasteiger partial charge is 0.350 e. The third-order valence-electron chi connectivity index (χ3n) is 3.51. The molecule has 5 heteroatoms. The van der Waals surface area contributed by atoms with Gasteiger partial charge in [0.2, 0.25) is 5.78 Å². The fourth-order valence-corrected chi connectivity index (χ4v) is 2.84. The molecule has 3 aliphatic heterocycles. The second kappa shape index (κ2) is 2.96. The maximum Gasteiger partial charge on any atom is 0.253 e. The van der Waals surface area contributed by atoms with E-state index in [9.17, 15) is 9.59 Å². The van der Waals surface area contributed by atoms with Crippen LogP contribution >= 0.6 is 0 Å². The van der Waals surface area contributed by atoms with E-state index in [1.807, 2.05) is 4.90 Å². The van der Waals surface area contributed by atoms with Crippen LogP contribution in [0.5, 0.6) is 0 Å². The number of amides is 1. The molecular weight excluding hydrogens is 196 g/mol. The summed E-state index contributed by atoms with van der Waals surface area (Å²) in [5.41, 5.74) is -0.989. The van der Waals surface area contributed by atoms with Gasteiger partial charge in [-0.25, -0.2) is 4.99 Å². The Labute approximate surface area is 87.1 Å². The van der Waals surface area contributed by atoms with Crippen LogP contribution in [0.15, 0.2) is 4.99 Å². The van der Waals surface area contributed by atoms with E-state index in [0.29, 0.717) is 13.0 Å². The number of rotatable bonds is 0. The monoisotopic (exact) mass is 208 g/mol. The lowest BCUT2D eigenvalue weighted by atomic mass is 9.81.